The molecule has 176 valence electrons. The molecule has 2 heterocycles. The molecule has 2 N–H and O–H groups in total. The molecule has 0 saturated heterocycles. The van der Waals surface area contributed by atoms with Gasteiger partial charge in [-0.3, -0.25) is 5.41 Å². The molecular weight excluding hydrogens is 453 g/mol. The fourth-order valence-electron chi connectivity index (χ4n) is 3.61. The van der Waals surface area contributed by atoms with Gasteiger partial charge >= 0.3 is 12.1 Å². The number of methoxy groups -OCH3 is 2. The molecule has 2 aromatic heterocycles. The van der Waals surface area contributed by atoms with Crippen molar-refractivity contribution in [3.05, 3.63) is 77.2 Å². The topological polar surface area (TPSA) is 102 Å². The van der Waals surface area contributed by atoms with E-state index in [1.165, 1.54) is 26.4 Å². The van der Waals surface area contributed by atoms with Gasteiger partial charge in [0.05, 0.1) is 26.5 Å². The van der Waals surface area contributed by atoms with E-state index in [2.05, 4.69) is 5.10 Å². The van der Waals surface area contributed by atoms with Crippen molar-refractivity contribution in [2.24, 2.45) is 0 Å². The quantitative estimate of drug-likeness (QED) is 0.440. The first-order valence-electron chi connectivity index (χ1n) is 9.92. The predicted molar refractivity (Wildman–Crippen MR) is 116 cm³/mol. The molecule has 8 nitrogen and oxygen atoms in total. The molecule has 2 aromatic carbocycles. The Labute approximate surface area is 190 Å². The van der Waals surface area contributed by atoms with Crippen LogP contribution in [0.3, 0.4) is 0 Å². The van der Waals surface area contributed by atoms with E-state index in [-0.39, 0.29) is 17.7 Å². The highest BCUT2D eigenvalue weighted by atomic mass is 19.4. The van der Waals surface area contributed by atoms with Gasteiger partial charge in [0.2, 0.25) is 0 Å². The van der Waals surface area contributed by atoms with Gasteiger partial charge in [0, 0.05) is 29.3 Å². The average molecular weight is 472 g/mol. The summed E-state index contributed by atoms with van der Waals surface area (Å²) in [4.78, 5) is 11.2. The van der Waals surface area contributed by atoms with Crippen molar-refractivity contribution in [2.45, 2.75) is 12.7 Å². The summed E-state index contributed by atoms with van der Waals surface area (Å²) in [5, 5.41) is 22.4. The van der Waals surface area contributed by atoms with E-state index in [1.54, 1.807) is 41.1 Å². The molecule has 0 unspecified atom stereocenters. The maximum absolute atomic E-state index is 13.5. The summed E-state index contributed by atoms with van der Waals surface area (Å²) in [6, 6.07) is 11.8. The van der Waals surface area contributed by atoms with Crippen LogP contribution in [-0.2, 0) is 12.7 Å². The molecule has 0 atom stereocenters. The second-order valence-electron chi connectivity index (χ2n) is 7.37. The Morgan fingerprint density at radius 2 is 1.85 bits per heavy atom. The summed E-state index contributed by atoms with van der Waals surface area (Å²) in [5.74, 6) is -0.398. The number of nitrogens with zero attached hydrogens (tertiary/aromatic N) is 3. The van der Waals surface area contributed by atoms with Crippen molar-refractivity contribution < 1.29 is 32.5 Å². The monoisotopic (exact) mass is 472 g/mol. The molecule has 34 heavy (non-hydrogen) atoms. The summed E-state index contributed by atoms with van der Waals surface area (Å²) < 4.78 is 53.3. The molecule has 0 aliphatic rings. The van der Waals surface area contributed by atoms with E-state index in [0.29, 0.717) is 33.0 Å². The van der Waals surface area contributed by atoms with Crippen LogP contribution >= 0.6 is 0 Å². The van der Waals surface area contributed by atoms with Crippen LogP contribution in [-0.4, -0.2) is 39.6 Å². The molecular formula is C23H19F3N4O4. The van der Waals surface area contributed by atoms with Crippen molar-refractivity contribution >= 4 is 16.7 Å². The number of alkyl halides is 3. The van der Waals surface area contributed by atoms with E-state index in [1.807, 2.05) is 0 Å². The SMILES string of the molecule is COc1ccc(Cn2ccc3ccc(-n4nc(C(=O)O)cc4C(F)(F)F)cc3c2=N)c(OC)c1. The number of fused-ring (bicyclic) bond motifs is 1. The van der Waals surface area contributed by atoms with Gasteiger partial charge in [0.1, 0.15) is 22.7 Å². The van der Waals surface area contributed by atoms with Crippen molar-refractivity contribution in [1.82, 2.24) is 14.3 Å². The zero-order valence-corrected chi connectivity index (χ0v) is 18.1. The highest BCUT2D eigenvalue weighted by Crippen LogP contribution is 2.32. The van der Waals surface area contributed by atoms with Crippen LogP contribution in [0.5, 0.6) is 11.5 Å². The first-order chi connectivity index (χ1) is 16.1. The minimum atomic E-state index is -4.82. The van der Waals surface area contributed by atoms with Gasteiger partial charge in [-0.05, 0) is 35.7 Å². The average Bonchev–Trinajstić information content (AvgIpc) is 3.27. The molecule has 0 radical (unpaired) electrons. The fourth-order valence-corrected chi connectivity index (χ4v) is 3.61. The summed E-state index contributed by atoms with van der Waals surface area (Å²) in [5.41, 5.74) is -1.14. The fraction of sp³-hybridized carbons (Fsp3) is 0.174. The van der Waals surface area contributed by atoms with Gasteiger partial charge in [0.15, 0.2) is 5.69 Å². The van der Waals surface area contributed by atoms with Crippen LogP contribution in [0.2, 0.25) is 0 Å². The normalized spacial score (nSPS) is 11.6. The third kappa shape index (κ3) is 4.19. The Hall–Kier alpha value is -4.28. The Balaban J connectivity index is 1.81. The highest BCUT2D eigenvalue weighted by Gasteiger charge is 2.37. The predicted octanol–water partition coefficient (Wildman–Crippen LogP) is 4.09. The third-order valence-corrected chi connectivity index (χ3v) is 5.31. The van der Waals surface area contributed by atoms with Gasteiger partial charge in [-0.15, -0.1) is 0 Å². The Kier molecular flexibility index (Phi) is 5.78. The van der Waals surface area contributed by atoms with Crippen LogP contribution in [0.1, 0.15) is 21.7 Å². The number of carboxylic acids is 1. The smallest absolute Gasteiger partial charge is 0.433 e. The molecule has 0 amide bonds. The second kappa shape index (κ2) is 8.58. The molecule has 11 heteroatoms. The first-order valence-corrected chi connectivity index (χ1v) is 9.92. The lowest BCUT2D eigenvalue weighted by Crippen LogP contribution is -2.21. The van der Waals surface area contributed by atoms with Gasteiger partial charge < -0.3 is 19.1 Å². The molecule has 0 aliphatic carbocycles. The molecule has 4 aromatic rings. The number of nitrogens with one attached hydrogen (secondary N) is 1. The molecule has 0 fully saturated rings. The number of hydrogen-bond acceptors (Lipinski definition) is 5. The second-order valence-corrected chi connectivity index (χ2v) is 7.37. The summed E-state index contributed by atoms with van der Waals surface area (Å²) in [6.07, 6.45) is -3.12. The Morgan fingerprint density at radius 1 is 1.09 bits per heavy atom. The zero-order valence-electron chi connectivity index (χ0n) is 18.1. The molecule has 0 saturated carbocycles. The molecule has 0 spiro atoms. The van der Waals surface area contributed by atoms with Crippen LogP contribution in [0.4, 0.5) is 13.2 Å². The maximum Gasteiger partial charge on any atom is 0.433 e. The van der Waals surface area contributed by atoms with Crippen molar-refractivity contribution in [2.75, 3.05) is 14.2 Å². The lowest BCUT2D eigenvalue weighted by atomic mass is 10.1. The number of benzene rings is 2. The molecule has 0 aliphatic heterocycles. The summed E-state index contributed by atoms with van der Waals surface area (Å²) in [6.45, 7) is 0.269. The van der Waals surface area contributed by atoms with E-state index >= 15 is 0 Å². The van der Waals surface area contributed by atoms with Crippen LogP contribution in [0.25, 0.3) is 16.5 Å². The number of aromatic nitrogens is 3. The molecule has 0 bridgehead atoms. The summed E-state index contributed by atoms with van der Waals surface area (Å²) >= 11 is 0. The van der Waals surface area contributed by atoms with Gasteiger partial charge in [0.25, 0.3) is 0 Å². The number of pyridine rings is 1. The number of ether oxygens (including phenoxy) is 2. The van der Waals surface area contributed by atoms with Gasteiger partial charge in [-0.25, -0.2) is 9.48 Å². The van der Waals surface area contributed by atoms with Crippen molar-refractivity contribution in [3.8, 4) is 17.2 Å². The van der Waals surface area contributed by atoms with Crippen molar-refractivity contribution in [3.63, 3.8) is 0 Å². The van der Waals surface area contributed by atoms with Gasteiger partial charge in [-0.2, -0.15) is 18.3 Å². The van der Waals surface area contributed by atoms with Gasteiger partial charge in [-0.1, -0.05) is 6.07 Å². The molecule has 4 rings (SSSR count). The Morgan fingerprint density at radius 3 is 2.50 bits per heavy atom. The number of halogens is 3. The van der Waals surface area contributed by atoms with Crippen LogP contribution < -0.4 is 15.0 Å². The third-order valence-electron chi connectivity index (χ3n) is 5.31. The van der Waals surface area contributed by atoms with Crippen LogP contribution in [0.15, 0.2) is 54.7 Å². The Bertz CT molecular complexity index is 1460. The van der Waals surface area contributed by atoms with E-state index < -0.39 is 23.5 Å². The number of aromatic carboxylic acids is 1. The van der Waals surface area contributed by atoms with E-state index in [9.17, 15) is 18.0 Å². The zero-order chi connectivity index (χ0) is 24.6. The van der Waals surface area contributed by atoms with E-state index in [0.717, 1.165) is 5.56 Å². The number of carboxylic acid groups (broad SMARTS) is 1. The highest BCUT2D eigenvalue weighted by molar-refractivity contribution is 5.86. The van der Waals surface area contributed by atoms with Crippen molar-refractivity contribution in [1.29, 1.82) is 5.41 Å². The maximum atomic E-state index is 13.5. The lowest BCUT2D eigenvalue weighted by Gasteiger charge is -2.14. The number of rotatable bonds is 6. The summed E-state index contributed by atoms with van der Waals surface area (Å²) in [7, 11) is 3.06. The minimum Gasteiger partial charge on any atom is -0.497 e. The standard InChI is InChI=1S/C23H19F3N4O4/c1-33-16-6-4-14(19(10-16)34-2)12-29-8-7-13-3-5-15(9-17(13)21(29)27)30-20(23(24,25)26)11-18(28-30)22(31)32/h3-11,27H,12H2,1-2H3,(H,31,32). The minimum absolute atomic E-state index is 0.0133. The number of hydrogen-bond donors (Lipinski definition) is 2. The lowest BCUT2D eigenvalue weighted by molar-refractivity contribution is -0.142. The van der Waals surface area contributed by atoms with E-state index in [4.69, 9.17) is 20.0 Å². The largest absolute Gasteiger partial charge is 0.497 e. The first kappa shape index (κ1) is 22.9. The number of carbonyl (C=O) groups is 1. The van der Waals surface area contributed by atoms with Crippen LogP contribution in [0, 0.1) is 5.41 Å².